The fraction of sp³-hybridized carbons (Fsp3) is 0.167. The third kappa shape index (κ3) is 4.27. The number of nitrogens with zero attached hydrogens (tertiary/aromatic N) is 1. The van der Waals surface area contributed by atoms with Crippen molar-refractivity contribution in [1.29, 1.82) is 0 Å². The van der Waals surface area contributed by atoms with Crippen LogP contribution in [0.4, 0.5) is 15.8 Å². The summed E-state index contributed by atoms with van der Waals surface area (Å²) in [7, 11) is 1.58. The van der Waals surface area contributed by atoms with Gasteiger partial charge in [0.05, 0.1) is 18.6 Å². The fourth-order valence-corrected chi connectivity index (χ4v) is 4.73. The van der Waals surface area contributed by atoms with Crippen LogP contribution >= 0.6 is 11.8 Å². The second-order valence-electron chi connectivity index (χ2n) is 7.15. The van der Waals surface area contributed by atoms with Gasteiger partial charge >= 0.3 is 0 Å². The molecule has 1 heterocycles. The summed E-state index contributed by atoms with van der Waals surface area (Å²) in [5, 5.41) is 2.58. The number of para-hydroxylation sites is 1. The van der Waals surface area contributed by atoms with Gasteiger partial charge in [0, 0.05) is 16.8 Å². The van der Waals surface area contributed by atoms with E-state index in [2.05, 4.69) is 5.32 Å². The largest absolute Gasteiger partial charge is 0.495 e. The molecule has 1 saturated heterocycles. The molecule has 0 saturated carbocycles. The molecule has 5 nitrogen and oxygen atoms in total. The van der Waals surface area contributed by atoms with Crippen LogP contribution < -0.4 is 15.0 Å². The molecule has 1 fully saturated rings. The molecule has 0 aromatic heterocycles. The average molecular weight is 437 g/mol. The Balaban J connectivity index is 1.69. The van der Waals surface area contributed by atoms with Crippen molar-refractivity contribution in [2.24, 2.45) is 0 Å². The summed E-state index contributed by atoms with van der Waals surface area (Å²) in [5.41, 5.74) is 3.46. The van der Waals surface area contributed by atoms with Crippen LogP contribution in [0.15, 0.2) is 66.7 Å². The number of benzene rings is 3. The molecule has 2 amide bonds. The molecule has 1 aliphatic rings. The van der Waals surface area contributed by atoms with Gasteiger partial charge in [0.25, 0.3) is 5.91 Å². The molecule has 0 aliphatic carbocycles. The Hall–Kier alpha value is -3.32. The predicted octanol–water partition coefficient (Wildman–Crippen LogP) is 5.17. The Labute approximate surface area is 184 Å². The number of methoxy groups -OCH3 is 1. The molecule has 0 spiro atoms. The molecule has 31 heavy (non-hydrogen) atoms. The molecule has 4 rings (SSSR count). The van der Waals surface area contributed by atoms with Gasteiger partial charge in [-0.2, -0.15) is 0 Å². The molecule has 1 aliphatic heterocycles. The normalized spacial score (nSPS) is 15.8. The van der Waals surface area contributed by atoms with Crippen molar-refractivity contribution in [3.63, 3.8) is 0 Å². The Bertz CT molecular complexity index is 1130. The molecular formula is C24H21FN2O3S. The van der Waals surface area contributed by atoms with E-state index in [0.29, 0.717) is 28.4 Å². The topological polar surface area (TPSA) is 58.6 Å². The van der Waals surface area contributed by atoms with Gasteiger partial charge in [0.1, 0.15) is 16.9 Å². The van der Waals surface area contributed by atoms with Gasteiger partial charge < -0.3 is 10.1 Å². The first-order chi connectivity index (χ1) is 15.0. The van der Waals surface area contributed by atoms with E-state index in [-0.39, 0.29) is 17.2 Å². The Kier molecular flexibility index (Phi) is 5.95. The van der Waals surface area contributed by atoms with Crippen LogP contribution in [0, 0.1) is 12.7 Å². The third-order valence-corrected chi connectivity index (χ3v) is 6.24. The van der Waals surface area contributed by atoms with Crippen molar-refractivity contribution >= 4 is 35.0 Å². The summed E-state index contributed by atoms with van der Waals surface area (Å²) < 4.78 is 18.7. The Morgan fingerprint density at radius 1 is 1.13 bits per heavy atom. The lowest BCUT2D eigenvalue weighted by molar-refractivity contribution is -0.115. The van der Waals surface area contributed by atoms with Gasteiger partial charge in [-0.05, 0) is 55.0 Å². The number of nitrogens with one attached hydrogen (secondary N) is 1. The van der Waals surface area contributed by atoms with E-state index in [9.17, 15) is 14.0 Å². The average Bonchev–Trinajstić information content (AvgIpc) is 3.15. The van der Waals surface area contributed by atoms with Crippen LogP contribution in [0.25, 0.3) is 0 Å². The monoisotopic (exact) mass is 436 g/mol. The molecule has 1 unspecified atom stereocenters. The number of rotatable bonds is 5. The Morgan fingerprint density at radius 3 is 2.61 bits per heavy atom. The fourth-order valence-electron chi connectivity index (χ4n) is 3.52. The van der Waals surface area contributed by atoms with E-state index in [1.54, 1.807) is 18.1 Å². The minimum Gasteiger partial charge on any atom is -0.495 e. The molecule has 3 aromatic rings. The number of hydrogen-bond donors (Lipinski definition) is 1. The van der Waals surface area contributed by atoms with Gasteiger partial charge in [0.15, 0.2) is 0 Å². The van der Waals surface area contributed by atoms with Crippen molar-refractivity contribution < 1.29 is 18.7 Å². The van der Waals surface area contributed by atoms with E-state index < -0.39 is 5.82 Å². The first-order valence-electron chi connectivity index (χ1n) is 9.72. The smallest absolute Gasteiger partial charge is 0.255 e. The number of ether oxygens (including phenoxy) is 1. The lowest BCUT2D eigenvalue weighted by Crippen LogP contribution is -2.29. The maximum atomic E-state index is 13.2. The molecule has 0 bridgehead atoms. The lowest BCUT2D eigenvalue weighted by Gasteiger charge is -2.27. The summed E-state index contributed by atoms with van der Waals surface area (Å²) in [4.78, 5) is 27.3. The number of carbonyl (C=O) groups excluding carboxylic acids is 2. The number of aryl methyl sites for hydroxylation is 1. The van der Waals surface area contributed by atoms with Gasteiger partial charge in [-0.3, -0.25) is 14.5 Å². The standard InChI is InChI=1S/C24H21FN2O3S/c1-15-7-12-21(30-2)20(13-15)27-22(28)14-31-24(27)18-5-3-4-6-19(18)26-23(29)16-8-10-17(25)11-9-16/h3-13,24H,14H2,1-2H3,(H,26,29). The summed E-state index contributed by atoms with van der Waals surface area (Å²) >= 11 is 1.49. The molecule has 158 valence electrons. The SMILES string of the molecule is COc1ccc(C)cc1N1C(=O)CSC1c1ccccc1NC(=O)c1ccc(F)cc1. The summed E-state index contributed by atoms with van der Waals surface area (Å²) in [6, 6.07) is 18.5. The number of halogens is 1. The Morgan fingerprint density at radius 2 is 1.87 bits per heavy atom. The minimum absolute atomic E-state index is 0.0291. The number of thioether (sulfide) groups is 1. The van der Waals surface area contributed by atoms with E-state index in [1.165, 1.54) is 36.0 Å². The highest BCUT2D eigenvalue weighted by molar-refractivity contribution is 8.00. The van der Waals surface area contributed by atoms with Crippen molar-refractivity contribution in [3.05, 3.63) is 89.2 Å². The second-order valence-corrected chi connectivity index (χ2v) is 8.22. The molecular weight excluding hydrogens is 415 g/mol. The van der Waals surface area contributed by atoms with Crippen molar-refractivity contribution in [2.75, 3.05) is 23.1 Å². The van der Waals surface area contributed by atoms with Crippen LogP contribution in [0.1, 0.15) is 26.9 Å². The van der Waals surface area contributed by atoms with Crippen molar-refractivity contribution in [2.45, 2.75) is 12.3 Å². The third-order valence-electron chi connectivity index (χ3n) is 5.04. The molecule has 1 N–H and O–H groups in total. The zero-order valence-electron chi connectivity index (χ0n) is 17.1. The molecule has 1 atom stereocenters. The van der Waals surface area contributed by atoms with Gasteiger partial charge in [-0.25, -0.2) is 4.39 Å². The van der Waals surface area contributed by atoms with Crippen LogP contribution in [0.2, 0.25) is 0 Å². The maximum absolute atomic E-state index is 13.2. The van der Waals surface area contributed by atoms with E-state index in [0.717, 1.165) is 11.1 Å². The summed E-state index contributed by atoms with van der Waals surface area (Å²) in [6.07, 6.45) is 0. The quantitative estimate of drug-likeness (QED) is 0.599. The van der Waals surface area contributed by atoms with Crippen LogP contribution in [0.5, 0.6) is 5.75 Å². The van der Waals surface area contributed by atoms with Crippen molar-refractivity contribution in [3.8, 4) is 5.75 Å². The first-order valence-corrected chi connectivity index (χ1v) is 10.8. The molecule has 0 radical (unpaired) electrons. The van der Waals surface area contributed by atoms with Crippen LogP contribution in [-0.2, 0) is 4.79 Å². The van der Waals surface area contributed by atoms with Crippen LogP contribution in [0.3, 0.4) is 0 Å². The number of carbonyl (C=O) groups is 2. The van der Waals surface area contributed by atoms with Gasteiger partial charge in [0.2, 0.25) is 5.91 Å². The number of hydrogen-bond acceptors (Lipinski definition) is 4. The minimum atomic E-state index is -0.402. The van der Waals surface area contributed by atoms with E-state index in [1.807, 2.05) is 43.3 Å². The zero-order valence-corrected chi connectivity index (χ0v) is 17.9. The van der Waals surface area contributed by atoms with E-state index in [4.69, 9.17) is 4.74 Å². The molecule has 7 heteroatoms. The van der Waals surface area contributed by atoms with E-state index >= 15 is 0 Å². The summed E-state index contributed by atoms with van der Waals surface area (Å²) in [5.74, 6) is 0.155. The first kappa shape index (κ1) is 20.9. The zero-order chi connectivity index (χ0) is 22.0. The van der Waals surface area contributed by atoms with Crippen molar-refractivity contribution in [1.82, 2.24) is 0 Å². The highest BCUT2D eigenvalue weighted by Gasteiger charge is 2.37. The number of anilines is 2. The number of amides is 2. The van der Waals surface area contributed by atoms with Gasteiger partial charge in [-0.1, -0.05) is 24.3 Å². The lowest BCUT2D eigenvalue weighted by atomic mass is 10.1. The summed E-state index contributed by atoms with van der Waals surface area (Å²) in [6.45, 7) is 1.96. The van der Waals surface area contributed by atoms with Gasteiger partial charge in [-0.15, -0.1) is 11.8 Å². The second kappa shape index (κ2) is 8.81. The van der Waals surface area contributed by atoms with Crippen LogP contribution in [-0.4, -0.2) is 24.7 Å². The maximum Gasteiger partial charge on any atom is 0.255 e. The predicted molar refractivity (Wildman–Crippen MR) is 121 cm³/mol. The highest BCUT2D eigenvalue weighted by Crippen LogP contribution is 2.46. The highest BCUT2D eigenvalue weighted by atomic mass is 32.2. The molecule has 3 aromatic carbocycles.